The molecular weight excluding hydrogens is 228 g/mol. The van der Waals surface area contributed by atoms with E-state index in [1.807, 2.05) is 0 Å². The van der Waals surface area contributed by atoms with Crippen LogP contribution in [0, 0.1) is 0 Å². The molecule has 0 spiro atoms. The van der Waals surface area contributed by atoms with Crippen molar-refractivity contribution in [3.63, 3.8) is 0 Å². The molecule has 0 aromatic rings. The van der Waals surface area contributed by atoms with Gasteiger partial charge in [0, 0.05) is 31.2 Å². The van der Waals surface area contributed by atoms with Crippen molar-refractivity contribution < 1.29 is 9.90 Å². The highest BCUT2D eigenvalue weighted by atomic mass is 16.4. The van der Waals surface area contributed by atoms with Crippen molar-refractivity contribution in [2.24, 2.45) is 0 Å². The standard InChI is InChI=1S/C14H26N2O2/c1-11(2)16(10-7-14(17)18)13-6-9-15-8-4-3-5-12(13)15/h11-13H,3-10H2,1-2H3,(H,17,18). The zero-order valence-electron chi connectivity index (χ0n) is 11.6. The number of carboxylic acids is 1. The van der Waals surface area contributed by atoms with E-state index in [0.717, 1.165) is 0 Å². The van der Waals surface area contributed by atoms with Crippen LogP contribution in [0.2, 0.25) is 0 Å². The van der Waals surface area contributed by atoms with Crippen molar-refractivity contribution in [2.45, 2.75) is 64.1 Å². The van der Waals surface area contributed by atoms with Gasteiger partial charge in [-0.2, -0.15) is 0 Å². The van der Waals surface area contributed by atoms with E-state index in [1.165, 1.54) is 38.8 Å². The molecule has 1 N–H and O–H groups in total. The molecule has 0 aromatic heterocycles. The van der Waals surface area contributed by atoms with Crippen molar-refractivity contribution in [1.29, 1.82) is 0 Å². The molecule has 0 aromatic carbocycles. The summed E-state index contributed by atoms with van der Waals surface area (Å²) in [5.74, 6) is -0.681. The van der Waals surface area contributed by atoms with Crippen LogP contribution in [0.3, 0.4) is 0 Å². The fraction of sp³-hybridized carbons (Fsp3) is 0.929. The van der Waals surface area contributed by atoms with Crippen LogP contribution in [0.1, 0.15) is 46.0 Å². The summed E-state index contributed by atoms with van der Waals surface area (Å²) in [4.78, 5) is 15.8. The van der Waals surface area contributed by atoms with Crippen LogP contribution in [0.4, 0.5) is 0 Å². The average molecular weight is 254 g/mol. The number of carbonyl (C=O) groups is 1. The second-order valence-corrected chi connectivity index (χ2v) is 5.93. The summed E-state index contributed by atoms with van der Waals surface area (Å²) in [6.07, 6.45) is 5.44. The van der Waals surface area contributed by atoms with Crippen LogP contribution >= 0.6 is 0 Å². The van der Waals surface area contributed by atoms with Crippen molar-refractivity contribution in [3.8, 4) is 0 Å². The minimum atomic E-state index is -0.681. The van der Waals surface area contributed by atoms with Gasteiger partial charge in [-0.15, -0.1) is 0 Å². The summed E-state index contributed by atoms with van der Waals surface area (Å²) >= 11 is 0. The Bertz CT molecular complexity index is 294. The minimum Gasteiger partial charge on any atom is -0.481 e. The fourth-order valence-corrected chi connectivity index (χ4v) is 3.64. The number of carboxylic acid groups (broad SMARTS) is 1. The second kappa shape index (κ2) is 6.02. The molecule has 2 aliphatic heterocycles. The molecule has 4 nitrogen and oxygen atoms in total. The van der Waals surface area contributed by atoms with Gasteiger partial charge in [0.15, 0.2) is 0 Å². The summed E-state index contributed by atoms with van der Waals surface area (Å²) in [6.45, 7) is 7.51. The highest BCUT2D eigenvalue weighted by Crippen LogP contribution is 2.31. The van der Waals surface area contributed by atoms with E-state index in [4.69, 9.17) is 5.11 Å². The van der Waals surface area contributed by atoms with Gasteiger partial charge in [-0.1, -0.05) is 6.42 Å². The van der Waals surface area contributed by atoms with Crippen molar-refractivity contribution in [1.82, 2.24) is 9.80 Å². The van der Waals surface area contributed by atoms with E-state index in [-0.39, 0.29) is 6.42 Å². The van der Waals surface area contributed by atoms with Crippen molar-refractivity contribution in [3.05, 3.63) is 0 Å². The Kier molecular flexibility index (Phi) is 4.62. The monoisotopic (exact) mass is 254 g/mol. The molecule has 0 amide bonds. The molecule has 2 fully saturated rings. The molecule has 0 bridgehead atoms. The molecular formula is C14H26N2O2. The van der Waals surface area contributed by atoms with Gasteiger partial charge in [-0.25, -0.2) is 0 Å². The maximum absolute atomic E-state index is 10.8. The molecule has 2 atom stereocenters. The maximum atomic E-state index is 10.8. The van der Waals surface area contributed by atoms with E-state index in [1.54, 1.807) is 0 Å². The zero-order valence-corrected chi connectivity index (χ0v) is 11.6. The van der Waals surface area contributed by atoms with Gasteiger partial charge in [0.1, 0.15) is 0 Å². The SMILES string of the molecule is CC(C)N(CCC(=O)O)C1CCN2CCCCC12. The highest BCUT2D eigenvalue weighted by Gasteiger charge is 2.39. The predicted octanol–water partition coefficient (Wildman–Crippen LogP) is 1.80. The molecule has 2 aliphatic rings. The van der Waals surface area contributed by atoms with Crippen LogP contribution in [-0.4, -0.2) is 58.6 Å². The van der Waals surface area contributed by atoms with E-state index in [2.05, 4.69) is 23.6 Å². The van der Waals surface area contributed by atoms with E-state index < -0.39 is 5.97 Å². The van der Waals surface area contributed by atoms with Gasteiger partial charge in [0.25, 0.3) is 0 Å². The Labute approximate surface area is 110 Å². The second-order valence-electron chi connectivity index (χ2n) is 5.93. The Hall–Kier alpha value is -0.610. The lowest BCUT2D eigenvalue weighted by Gasteiger charge is -2.39. The molecule has 2 unspecified atom stereocenters. The molecule has 0 saturated carbocycles. The van der Waals surface area contributed by atoms with Crippen LogP contribution in [0.5, 0.6) is 0 Å². The number of fused-ring (bicyclic) bond motifs is 1. The zero-order chi connectivity index (χ0) is 13.1. The van der Waals surface area contributed by atoms with Gasteiger partial charge in [-0.05, 0) is 39.7 Å². The predicted molar refractivity (Wildman–Crippen MR) is 71.7 cm³/mol. The number of hydrogen-bond acceptors (Lipinski definition) is 3. The van der Waals surface area contributed by atoms with E-state index >= 15 is 0 Å². The highest BCUT2D eigenvalue weighted by molar-refractivity contribution is 5.66. The summed E-state index contributed by atoms with van der Waals surface area (Å²) in [7, 11) is 0. The van der Waals surface area contributed by atoms with E-state index in [0.29, 0.717) is 24.7 Å². The van der Waals surface area contributed by atoms with Crippen LogP contribution < -0.4 is 0 Å². The van der Waals surface area contributed by atoms with Crippen LogP contribution in [0.25, 0.3) is 0 Å². The van der Waals surface area contributed by atoms with Gasteiger partial charge in [0.05, 0.1) is 6.42 Å². The van der Waals surface area contributed by atoms with Crippen LogP contribution in [-0.2, 0) is 4.79 Å². The van der Waals surface area contributed by atoms with E-state index in [9.17, 15) is 4.79 Å². The average Bonchev–Trinajstić information content (AvgIpc) is 2.73. The van der Waals surface area contributed by atoms with Crippen molar-refractivity contribution >= 4 is 5.97 Å². The van der Waals surface area contributed by atoms with Gasteiger partial charge in [0.2, 0.25) is 0 Å². The summed E-state index contributed by atoms with van der Waals surface area (Å²) in [6, 6.07) is 1.69. The third kappa shape index (κ3) is 3.04. The van der Waals surface area contributed by atoms with Crippen LogP contribution in [0.15, 0.2) is 0 Å². The normalized spacial score (nSPS) is 28.9. The fourth-order valence-electron chi connectivity index (χ4n) is 3.64. The molecule has 4 heteroatoms. The van der Waals surface area contributed by atoms with Gasteiger partial charge in [-0.3, -0.25) is 14.6 Å². The summed E-state index contributed by atoms with van der Waals surface area (Å²) in [5.41, 5.74) is 0. The summed E-state index contributed by atoms with van der Waals surface area (Å²) < 4.78 is 0. The number of piperidine rings is 1. The number of aliphatic carboxylic acids is 1. The topological polar surface area (TPSA) is 43.8 Å². The Morgan fingerprint density at radius 1 is 1.33 bits per heavy atom. The Morgan fingerprint density at radius 3 is 2.78 bits per heavy atom. The first kappa shape index (κ1) is 13.8. The molecule has 0 radical (unpaired) electrons. The van der Waals surface area contributed by atoms with Gasteiger partial charge < -0.3 is 5.11 Å². The number of nitrogens with zero attached hydrogens (tertiary/aromatic N) is 2. The minimum absolute atomic E-state index is 0.265. The molecule has 2 heterocycles. The third-order valence-corrected chi connectivity index (χ3v) is 4.49. The molecule has 0 aliphatic carbocycles. The molecule has 18 heavy (non-hydrogen) atoms. The number of rotatable bonds is 5. The quantitative estimate of drug-likeness (QED) is 0.812. The maximum Gasteiger partial charge on any atom is 0.304 e. The molecule has 2 rings (SSSR count). The van der Waals surface area contributed by atoms with Crippen molar-refractivity contribution in [2.75, 3.05) is 19.6 Å². The number of hydrogen-bond donors (Lipinski definition) is 1. The first-order chi connectivity index (χ1) is 8.59. The third-order valence-electron chi connectivity index (χ3n) is 4.49. The molecule has 104 valence electrons. The lowest BCUT2D eigenvalue weighted by molar-refractivity contribution is -0.137. The lowest BCUT2D eigenvalue weighted by Crippen LogP contribution is -2.50. The Balaban J connectivity index is 1.99. The lowest BCUT2D eigenvalue weighted by atomic mass is 9.97. The molecule has 2 saturated heterocycles. The Morgan fingerprint density at radius 2 is 2.11 bits per heavy atom. The smallest absolute Gasteiger partial charge is 0.304 e. The summed E-state index contributed by atoms with van der Waals surface area (Å²) in [5, 5.41) is 8.88. The first-order valence-corrected chi connectivity index (χ1v) is 7.31. The largest absolute Gasteiger partial charge is 0.481 e. The van der Waals surface area contributed by atoms with Gasteiger partial charge >= 0.3 is 5.97 Å². The first-order valence-electron chi connectivity index (χ1n) is 7.31.